The lowest BCUT2D eigenvalue weighted by molar-refractivity contribution is -0.145. The van der Waals surface area contributed by atoms with Crippen LogP contribution >= 0.6 is 0 Å². The Bertz CT molecular complexity index is 743. The largest absolute Gasteiger partial charge is 0.497 e. The van der Waals surface area contributed by atoms with Gasteiger partial charge in [-0.15, -0.1) is 0 Å². The molecule has 5 nitrogen and oxygen atoms in total. The van der Waals surface area contributed by atoms with Crippen LogP contribution in [0.5, 0.6) is 5.75 Å². The van der Waals surface area contributed by atoms with Gasteiger partial charge in [-0.2, -0.15) is 0 Å². The highest BCUT2D eigenvalue weighted by Crippen LogP contribution is 2.25. The predicted octanol–water partition coefficient (Wildman–Crippen LogP) is 3.44. The summed E-state index contributed by atoms with van der Waals surface area (Å²) in [7, 11) is 1.56. The van der Waals surface area contributed by atoms with Crippen LogP contribution in [0.3, 0.4) is 0 Å². The molecule has 0 bridgehead atoms. The fourth-order valence-corrected chi connectivity index (χ4v) is 2.79. The molecule has 0 saturated heterocycles. The van der Waals surface area contributed by atoms with Gasteiger partial charge in [0.25, 0.3) is 0 Å². The van der Waals surface area contributed by atoms with Crippen molar-refractivity contribution in [1.29, 1.82) is 0 Å². The second-order valence-corrected chi connectivity index (χ2v) is 5.95. The van der Waals surface area contributed by atoms with Gasteiger partial charge in [0.05, 0.1) is 13.0 Å². The number of methoxy groups -OCH3 is 1. The zero-order chi connectivity index (χ0) is 19.1. The molecule has 1 unspecified atom stereocenters. The van der Waals surface area contributed by atoms with Crippen molar-refractivity contribution >= 4 is 11.9 Å². The summed E-state index contributed by atoms with van der Waals surface area (Å²) in [6.45, 7) is 1.57. The Morgan fingerprint density at radius 2 is 1.73 bits per heavy atom. The number of ether oxygens (including phenoxy) is 1. The minimum Gasteiger partial charge on any atom is -0.497 e. The van der Waals surface area contributed by atoms with Gasteiger partial charge in [0, 0.05) is 6.54 Å². The van der Waals surface area contributed by atoms with Crippen molar-refractivity contribution < 1.29 is 23.8 Å². The molecule has 0 aliphatic carbocycles. The normalized spacial score (nSPS) is 11.7. The molecule has 26 heavy (non-hydrogen) atoms. The van der Waals surface area contributed by atoms with Gasteiger partial charge in [-0.3, -0.25) is 9.59 Å². The molecule has 1 N–H and O–H groups in total. The third-order valence-electron chi connectivity index (χ3n) is 4.15. The number of carboxylic acid groups (broad SMARTS) is 1. The first-order valence-electron chi connectivity index (χ1n) is 8.33. The van der Waals surface area contributed by atoms with E-state index >= 15 is 0 Å². The number of carbonyl (C=O) groups is 2. The van der Waals surface area contributed by atoms with Gasteiger partial charge < -0.3 is 14.7 Å². The number of nitrogens with zero attached hydrogens (tertiary/aromatic N) is 1. The van der Waals surface area contributed by atoms with Crippen LogP contribution < -0.4 is 4.74 Å². The molecule has 0 fully saturated rings. The Kier molecular flexibility index (Phi) is 6.72. The Morgan fingerprint density at radius 3 is 2.23 bits per heavy atom. The zero-order valence-corrected chi connectivity index (χ0v) is 14.8. The average molecular weight is 359 g/mol. The van der Waals surface area contributed by atoms with Gasteiger partial charge in [0.2, 0.25) is 5.91 Å². The van der Waals surface area contributed by atoms with Crippen LogP contribution in [0.4, 0.5) is 4.39 Å². The molecule has 0 aliphatic rings. The summed E-state index contributed by atoms with van der Waals surface area (Å²) < 4.78 is 18.2. The smallest absolute Gasteiger partial charge is 0.323 e. The van der Waals surface area contributed by atoms with Gasteiger partial charge in [-0.05, 0) is 41.8 Å². The standard InChI is InChI=1S/C20H22FNO4/c1-3-18(15-6-10-17(26-2)11-7-15)20(25)22(13-19(23)24)12-14-4-8-16(21)9-5-14/h4-11,18H,3,12-13H2,1-2H3,(H,23,24). The molecule has 1 atom stereocenters. The summed E-state index contributed by atoms with van der Waals surface area (Å²) in [5.74, 6) is -1.52. The van der Waals surface area contributed by atoms with Crippen LogP contribution in [0.15, 0.2) is 48.5 Å². The molecular formula is C20H22FNO4. The number of rotatable bonds is 8. The molecule has 0 heterocycles. The van der Waals surface area contributed by atoms with E-state index in [1.54, 1.807) is 31.4 Å². The number of halogens is 1. The van der Waals surface area contributed by atoms with Crippen molar-refractivity contribution in [1.82, 2.24) is 4.90 Å². The monoisotopic (exact) mass is 359 g/mol. The van der Waals surface area contributed by atoms with Crippen molar-refractivity contribution in [2.24, 2.45) is 0 Å². The number of carbonyl (C=O) groups excluding carboxylic acids is 1. The van der Waals surface area contributed by atoms with Crippen LogP contribution in [0.2, 0.25) is 0 Å². The second kappa shape index (κ2) is 8.99. The van der Waals surface area contributed by atoms with E-state index in [0.717, 1.165) is 5.56 Å². The molecule has 0 spiro atoms. The molecule has 0 radical (unpaired) electrons. The molecule has 0 aliphatic heterocycles. The van der Waals surface area contributed by atoms with Gasteiger partial charge in [0.15, 0.2) is 0 Å². The summed E-state index contributed by atoms with van der Waals surface area (Å²) in [5.41, 5.74) is 1.47. The summed E-state index contributed by atoms with van der Waals surface area (Å²) in [4.78, 5) is 25.5. The van der Waals surface area contributed by atoms with E-state index in [-0.39, 0.29) is 18.3 Å². The SMILES string of the molecule is CCC(C(=O)N(CC(=O)O)Cc1ccc(F)cc1)c1ccc(OC)cc1. The third kappa shape index (κ3) is 5.05. The predicted molar refractivity (Wildman–Crippen MR) is 95.5 cm³/mol. The number of aliphatic carboxylic acids is 1. The minimum atomic E-state index is -1.09. The lowest BCUT2D eigenvalue weighted by atomic mass is 9.94. The number of hydrogen-bond donors (Lipinski definition) is 1. The molecule has 0 aromatic heterocycles. The summed E-state index contributed by atoms with van der Waals surface area (Å²) in [5, 5.41) is 9.18. The first-order valence-corrected chi connectivity index (χ1v) is 8.33. The molecule has 2 aromatic rings. The van der Waals surface area contributed by atoms with Crippen molar-refractivity contribution in [3.63, 3.8) is 0 Å². The highest BCUT2D eigenvalue weighted by Gasteiger charge is 2.26. The van der Waals surface area contributed by atoms with Gasteiger partial charge in [-0.25, -0.2) is 4.39 Å². The number of hydrogen-bond acceptors (Lipinski definition) is 3. The Balaban J connectivity index is 2.24. The second-order valence-electron chi connectivity index (χ2n) is 5.95. The molecule has 138 valence electrons. The van der Waals surface area contributed by atoms with Gasteiger partial charge >= 0.3 is 5.97 Å². The van der Waals surface area contributed by atoms with E-state index in [2.05, 4.69) is 0 Å². The fourth-order valence-electron chi connectivity index (χ4n) is 2.79. The molecule has 2 rings (SSSR count). The molecule has 1 amide bonds. The van der Waals surface area contributed by atoms with Crippen molar-refractivity contribution in [2.45, 2.75) is 25.8 Å². The highest BCUT2D eigenvalue weighted by molar-refractivity contribution is 5.86. The van der Waals surface area contributed by atoms with Gasteiger partial charge in [-0.1, -0.05) is 31.2 Å². The van der Waals surface area contributed by atoms with Crippen LogP contribution in [0.1, 0.15) is 30.4 Å². The van der Waals surface area contributed by atoms with Crippen molar-refractivity contribution in [3.8, 4) is 5.75 Å². The van der Waals surface area contributed by atoms with E-state index in [1.165, 1.54) is 17.0 Å². The maximum atomic E-state index is 13.1. The molecule has 6 heteroatoms. The number of amides is 1. The van der Waals surface area contributed by atoms with E-state index in [0.29, 0.717) is 17.7 Å². The summed E-state index contributed by atoms with van der Waals surface area (Å²) >= 11 is 0. The van der Waals surface area contributed by atoms with Crippen LogP contribution in [-0.2, 0) is 16.1 Å². The zero-order valence-electron chi connectivity index (χ0n) is 14.8. The highest BCUT2D eigenvalue weighted by atomic mass is 19.1. The van der Waals surface area contributed by atoms with E-state index in [1.807, 2.05) is 19.1 Å². The van der Waals surface area contributed by atoms with Crippen LogP contribution in [0, 0.1) is 5.82 Å². The van der Waals surface area contributed by atoms with Crippen molar-refractivity contribution in [2.75, 3.05) is 13.7 Å². The minimum absolute atomic E-state index is 0.109. The van der Waals surface area contributed by atoms with Crippen molar-refractivity contribution in [3.05, 3.63) is 65.5 Å². The quantitative estimate of drug-likeness (QED) is 0.784. The maximum absolute atomic E-state index is 13.1. The van der Waals surface area contributed by atoms with E-state index < -0.39 is 18.4 Å². The number of benzene rings is 2. The van der Waals surface area contributed by atoms with E-state index in [4.69, 9.17) is 4.74 Å². The van der Waals surface area contributed by atoms with Crippen LogP contribution in [0.25, 0.3) is 0 Å². The molecular weight excluding hydrogens is 337 g/mol. The maximum Gasteiger partial charge on any atom is 0.323 e. The van der Waals surface area contributed by atoms with Crippen LogP contribution in [-0.4, -0.2) is 35.5 Å². The Labute approximate surface area is 152 Å². The fraction of sp³-hybridized carbons (Fsp3) is 0.300. The number of carboxylic acids is 1. The first-order chi connectivity index (χ1) is 12.4. The lowest BCUT2D eigenvalue weighted by Crippen LogP contribution is -2.38. The lowest BCUT2D eigenvalue weighted by Gasteiger charge is -2.26. The van der Waals surface area contributed by atoms with E-state index in [9.17, 15) is 19.1 Å². The Hall–Kier alpha value is -2.89. The third-order valence-corrected chi connectivity index (χ3v) is 4.15. The topological polar surface area (TPSA) is 66.8 Å². The first kappa shape index (κ1) is 19.4. The molecule has 2 aromatic carbocycles. The molecule has 0 saturated carbocycles. The summed E-state index contributed by atoms with van der Waals surface area (Å²) in [6.07, 6.45) is 0.532. The Morgan fingerprint density at radius 1 is 1.12 bits per heavy atom. The van der Waals surface area contributed by atoms with Gasteiger partial charge in [0.1, 0.15) is 18.1 Å². The average Bonchev–Trinajstić information content (AvgIpc) is 2.63. The summed E-state index contributed by atoms with van der Waals surface area (Å²) in [6, 6.07) is 12.8.